The number of rotatable bonds is 2. The molecule has 0 saturated carbocycles. The maximum Gasteiger partial charge on any atom is 0.239 e. The van der Waals surface area contributed by atoms with Crippen molar-refractivity contribution in [1.29, 1.82) is 0 Å². The van der Waals surface area contributed by atoms with Gasteiger partial charge in [0.05, 0.1) is 6.61 Å². The molecule has 1 fully saturated rings. The summed E-state index contributed by atoms with van der Waals surface area (Å²) in [6, 6.07) is 0. The molecule has 3 heteroatoms. The molecule has 0 amide bonds. The Labute approximate surface area is 59.4 Å². The molecule has 1 rings (SSSR count). The topological polar surface area (TPSA) is 38.7 Å². The molecule has 1 atom stereocenters. The molecule has 1 heterocycles. The molecule has 10 heavy (non-hydrogen) atoms. The minimum Gasteiger partial charge on any atom is -0.381 e. The van der Waals surface area contributed by atoms with Crippen LogP contribution in [-0.4, -0.2) is 19.3 Å². The molecule has 0 aromatic heterocycles. The van der Waals surface area contributed by atoms with E-state index in [0.717, 1.165) is 19.6 Å². The van der Waals surface area contributed by atoms with Crippen molar-refractivity contribution in [2.24, 2.45) is 10.9 Å². The highest BCUT2D eigenvalue weighted by Crippen LogP contribution is 2.12. The molecule has 54 valence electrons. The molecule has 1 saturated heterocycles. The SMILES string of the molecule is O=C=N/C=C\C1CCOC1. The Morgan fingerprint density at radius 1 is 1.70 bits per heavy atom. The van der Waals surface area contributed by atoms with Crippen LogP contribution in [0.15, 0.2) is 17.3 Å². The Balaban J connectivity index is 2.29. The largest absolute Gasteiger partial charge is 0.381 e. The van der Waals surface area contributed by atoms with E-state index in [1.54, 1.807) is 0 Å². The lowest BCUT2D eigenvalue weighted by atomic mass is 10.1. The molecular weight excluding hydrogens is 130 g/mol. The molecule has 0 aliphatic carbocycles. The third-order valence-corrected chi connectivity index (χ3v) is 1.45. The normalized spacial score (nSPS) is 25.0. The lowest BCUT2D eigenvalue weighted by molar-refractivity contribution is 0.191. The van der Waals surface area contributed by atoms with Crippen molar-refractivity contribution in [2.75, 3.05) is 13.2 Å². The summed E-state index contributed by atoms with van der Waals surface area (Å²) in [6.07, 6.45) is 5.82. The smallest absolute Gasteiger partial charge is 0.239 e. The van der Waals surface area contributed by atoms with E-state index in [-0.39, 0.29) is 0 Å². The van der Waals surface area contributed by atoms with Crippen LogP contribution in [0, 0.1) is 5.92 Å². The van der Waals surface area contributed by atoms with E-state index >= 15 is 0 Å². The molecule has 1 aliphatic rings. The van der Waals surface area contributed by atoms with Gasteiger partial charge in [0, 0.05) is 18.7 Å². The first-order valence-corrected chi connectivity index (χ1v) is 3.25. The van der Waals surface area contributed by atoms with Crippen LogP contribution in [0.25, 0.3) is 0 Å². The zero-order chi connectivity index (χ0) is 7.23. The Hall–Kier alpha value is -0.920. The first-order valence-electron chi connectivity index (χ1n) is 3.25. The Bertz CT molecular complexity index is 164. The predicted molar refractivity (Wildman–Crippen MR) is 36.2 cm³/mol. The van der Waals surface area contributed by atoms with E-state index in [4.69, 9.17) is 4.74 Å². The minimum absolute atomic E-state index is 0.442. The average Bonchev–Trinajstić information content (AvgIpc) is 2.41. The highest BCUT2D eigenvalue weighted by Gasteiger charge is 2.10. The fourth-order valence-electron chi connectivity index (χ4n) is 0.900. The van der Waals surface area contributed by atoms with Gasteiger partial charge >= 0.3 is 0 Å². The van der Waals surface area contributed by atoms with Gasteiger partial charge in [-0.1, -0.05) is 6.08 Å². The van der Waals surface area contributed by atoms with Crippen LogP contribution in [0.5, 0.6) is 0 Å². The number of aliphatic imine (C=N–C) groups is 1. The van der Waals surface area contributed by atoms with Gasteiger partial charge in [-0.3, -0.25) is 0 Å². The van der Waals surface area contributed by atoms with Crippen LogP contribution in [0.4, 0.5) is 0 Å². The lowest BCUT2D eigenvalue weighted by Gasteiger charge is -1.93. The summed E-state index contributed by atoms with van der Waals surface area (Å²) in [4.78, 5) is 12.9. The molecule has 0 radical (unpaired) electrons. The first-order chi connectivity index (χ1) is 4.93. The van der Waals surface area contributed by atoms with Crippen molar-refractivity contribution in [1.82, 2.24) is 0 Å². The predicted octanol–water partition coefficient (Wildman–Crippen LogP) is 0.872. The molecule has 0 bridgehead atoms. The van der Waals surface area contributed by atoms with E-state index in [0.29, 0.717) is 5.92 Å². The molecule has 1 unspecified atom stereocenters. The second-order valence-electron chi connectivity index (χ2n) is 2.19. The van der Waals surface area contributed by atoms with Gasteiger partial charge in [0.25, 0.3) is 0 Å². The van der Waals surface area contributed by atoms with Gasteiger partial charge in [-0.2, -0.15) is 4.99 Å². The maximum absolute atomic E-state index is 9.60. The molecule has 1 aliphatic heterocycles. The van der Waals surface area contributed by atoms with Gasteiger partial charge in [0.15, 0.2) is 0 Å². The van der Waals surface area contributed by atoms with E-state index in [1.807, 2.05) is 6.08 Å². The van der Waals surface area contributed by atoms with Gasteiger partial charge in [-0.25, -0.2) is 4.79 Å². The van der Waals surface area contributed by atoms with Gasteiger partial charge < -0.3 is 4.74 Å². The third-order valence-electron chi connectivity index (χ3n) is 1.45. The maximum atomic E-state index is 9.60. The van der Waals surface area contributed by atoms with Crippen LogP contribution in [0.1, 0.15) is 6.42 Å². The number of ether oxygens (including phenoxy) is 1. The van der Waals surface area contributed by atoms with Crippen molar-refractivity contribution in [3.8, 4) is 0 Å². The van der Waals surface area contributed by atoms with Crippen molar-refractivity contribution in [3.63, 3.8) is 0 Å². The quantitative estimate of drug-likeness (QED) is 0.420. The van der Waals surface area contributed by atoms with Crippen LogP contribution in [-0.2, 0) is 9.53 Å². The van der Waals surface area contributed by atoms with E-state index in [2.05, 4.69) is 4.99 Å². The Morgan fingerprint density at radius 3 is 3.20 bits per heavy atom. The highest BCUT2D eigenvalue weighted by molar-refractivity contribution is 5.34. The zero-order valence-corrected chi connectivity index (χ0v) is 5.62. The van der Waals surface area contributed by atoms with Crippen molar-refractivity contribution < 1.29 is 9.53 Å². The van der Waals surface area contributed by atoms with Gasteiger partial charge in [-0.15, -0.1) is 0 Å². The fraction of sp³-hybridized carbons (Fsp3) is 0.571. The van der Waals surface area contributed by atoms with E-state index in [9.17, 15) is 4.79 Å². The van der Waals surface area contributed by atoms with Gasteiger partial charge in [-0.05, 0) is 6.42 Å². The number of isocyanates is 1. The summed E-state index contributed by atoms with van der Waals surface area (Å²) in [7, 11) is 0. The summed E-state index contributed by atoms with van der Waals surface area (Å²) >= 11 is 0. The Kier molecular flexibility index (Phi) is 2.87. The monoisotopic (exact) mass is 139 g/mol. The molecule has 0 aromatic carbocycles. The zero-order valence-electron chi connectivity index (χ0n) is 5.62. The van der Waals surface area contributed by atoms with Crippen LogP contribution < -0.4 is 0 Å². The first kappa shape index (κ1) is 7.19. The third kappa shape index (κ3) is 2.13. The fourth-order valence-corrected chi connectivity index (χ4v) is 0.900. The van der Waals surface area contributed by atoms with Crippen molar-refractivity contribution >= 4 is 6.08 Å². The summed E-state index contributed by atoms with van der Waals surface area (Å²) in [5.41, 5.74) is 0. The molecular formula is C7H9NO2. The summed E-state index contributed by atoms with van der Waals surface area (Å²) in [5, 5.41) is 0. The number of nitrogens with zero attached hydrogens (tertiary/aromatic N) is 1. The summed E-state index contributed by atoms with van der Waals surface area (Å²) < 4.78 is 5.10. The number of hydrogen-bond donors (Lipinski definition) is 0. The molecule has 0 spiro atoms. The van der Waals surface area contributed by atoms with E-state index in [1.165, 1.54) is 12.3 Å². The highest BCUT2D eigenvalue weighted by atomic mass is 16.5. The molecule has 3 nitrogen and oxygen atoms in total. The number of carbonyl (C=O) groups excluding carboxylic acids is 1. The molecule has 0 N–H and O–H groups in total. The second kappa shape index (κ2) is 3.99. The average molecular weight is 139 g/mol. The minimum atomic E-state index is 0.442. The number of hydrogen-bond acceptors (Lipinski definition) is 3. The Morgan fingerprint density at radius 2 is 2.60 bits per heavy atom. The van der Waals surface area contributed by atoms with Gasteiger partial charge in [0.2, 0.25) is 6.08 Å². The van der Waals surface area contributed by atoms with Crippen LogP contribution in [0.2, 0.25) is 0 Å². The van der Waals surface area contributed by atoms with Crippen molar-refractivity contribution in [3.05, 3.63) is 12.3 Å². The standard InChI is InChI=1S/C7H9NO2/c9-6-8-3-1-7-2-4-10-5-7/h1,3,7H,2,4-5H2/b3-1-. The lowest BCUT2D eigenvalue weighted by Crippen LogP contribution is -1.92. The molecule has 0 aromatic rings. The van der Waals surface area contributed by atoms with Crippen LogP contribution >= 0.6 is 0 Å². The second-order valence-corrected chi connectivity index (χ2v) is 2.19. The summed E-state index contributed by atoms with van der Waals surface area (Å²) in [5.74, 6) is 0.442. The van der Waals surface area contributed by atoms with Gasteiger partial charge in [0.1, 0.15) is 0 Å². The van der Waals surface area contributed by atoms with Crippen LogP contribution in [0.3, 0.4) is 0 Å². The van der Waals surface area contributed by atoms with Crippen molar-refractivity contribution in [2.45, 2.75) is 6.42 Å². The van der Waals surface area contributed by atoms with E-state index < -0.39 is 0 Å². The summed E-state index contributed by atoms with van der Waals surface area (Å²) in [6.45, 7) is 1.57.